The van der Waals surface area contributed by atoms with Gasteiger partial charge in [0, 0.05) is 20.9 Å². The molecule has 0 aliphatic rings. The molecule has 0 atom stereocenters. The lowest BCUT2D eigenvalue weighted by atomic mass is 10.2. The number of thioether (sulfide) groups is 1. The molecule has 0 saturated carbocycles. The summed E-state index contributed by atoms with van der Waals surface area (Å²) in [6.07, 6.45) is 0. The van der Waals surface area contributed by atoms with Gasteiger partial charge in [-0.05, 0) is 18.2 Å². The first kappa shape index (κ1) is 11.1. The van der Waals surface area contributed by atoms with E-state index in [9.17, 15) is 14.4 Å². The first-order valence-electron chi connectivity index (χ1n) is 4.94. The highest BCUT2D eigenvalue weighted by molar-refractivity contribution is 7.99. The fraction of sp³-hybridized carbons (Fsp3) is 0.250. The van der Waals surface area contributed by atoms with Crippen LogP contribution in [0.4, 0.5) is 0 Å². The molecule has 0 unspecified atom stereocenters. The highest BCUT2D eigenvalue weighted by Gasteiger charge is 2.12. The molecule has 0 bridgehead atoms. The van der Waals surface area contributed by atoms with Gasteiger partial charge in [-0.2, -0.15) is 0 Å². The molecular weight excluding hydrogens is 224 g/mol. The van der Waals surface area contributed by atoms with Crippen LogP contribution in [-0.2, 0) is 0 Å². The van der Waals surface area contributed by atoms with Gasteiger partial charge in [-0.1, -0.05) is 13.8 Å². The normalized spacial score (nSPS) is 11.4. The zero-order valence-corrected chi connectivity index (χ0v) is 9.76. The van der Waals surface area contributed by atoms with E-state index < -0.39 is 16.3 Å². The molecule has 0 aromatic heterocycles. The molecule has 0 aliphatic heterocycles. The summed E-state index contributed by atoms with van der Waals surface area (Å²) in [5, 5.41) is 0.879. The number of hydrogen-bond acceptors (Lipinski definition) is 4. The van der Waals surface area contributed by atoms with Crippen LogP contribution < -0.4 is 16.3 Å². The van der Waals surface area contributed by atoms with Crippen LogP contribution in [0.25, 0.3) is 10.8 Å². The van der Waals surface area contributed by atoms with Gasteiger partial charge in [0.25, 0.3) is 5.43 Å². The molecule has 0 N–H and O–H groups in total. The smallest absolute Gasteiger partial charge is 0.273 e. The maximum Gasteiger partial charge on any atom is 0.273 e. The van der Waals surface area contributed by atoms with E-state index in [0.717, 1.165) is 4.90 Å². The summed E-state index contributed by atoms with van der Waals surface area (Å²) < 4.78 is 0. The van der Waals surface area contributed by atoms with Gasteiger partial charge in [0.05, 0.1) is 0 Å². The third kappa shape index (κ3) is 1.69. The molecule has 0 radical (unpaired) electrons. The van der Waals surface area contributed by atoms with E-state index in [0.29, 0.717) is 5.25 Å². The molecular formula is C12H10O3S. The standard InChI is InChI=1S/C12H10O3S/c1-6(2)16-7-3-4-8-9(5-7)11(14)12(15)10(8)13/h3-6H,1-2H3. The predicted molar refractivity (Wildman–Crippen MR) is 66.1 cm³/mol. The second-order valence-corrected chi connectivity index (χ2v) is 5.51. The van der Waals surface area contributed by atoms with E-state index in [2.05, 4.69) is 0 Å². The van der Waals surface area contributed by atoms with Gasteiger partial charge in [-0.25, -0.2) is 0 Å². The number of fused-ring (bicyclic) bond motifs is 1. The summed E-state index contributed by atoms with van der Waals surface area (Å²) >= 11 is 1.59. The van der Waals surface area contributed by atoms with Crippen molar-refractivity contribution < 1.29 is 0 Å². The third-order valence-corrected chi connectivity index (χ3v) is 3.26. The van der Waals surface area contributed by atoms with Crippen LogP contribution in [-0.4, -0.2) is 5.25 Å². The highest BCUT2D eigenvalue weighted by Crippen LogP contribution is 2.24. The van der Waals surface area contributed by atoms with E-state index in [-0.39, 0.29) is 10.8 Å². The molecule has 2 aromatic rings. The number of rotatable bonds is 2. The van der Waals surface area contributed by atoms with Crippen molar-refractivity contribution in [3.05, 3.63) is 48.9 Å². The van der Waals surface area contributed by atoms with Crippen molar-refractivity contribution in [2.75, 3.05) is 0 Å². The molecule has 0 aliphatic carbocycles. The van der Waals surface area contributed by atoms with E-state index in [1.165, 1.54) is 0 Å². The van der Waals surface area contributed by atoms with Crippen LogP contribution in [0.1, 0.15) is 13.8 Å². The average Bonchev–Trinajstić information content (AvgIpc) is 2.43. The highest BCUT2D eigenvalue weighted by atomic mass is 32.2. The summed E-state index contributed by atoms with van der Waals surface area (Å²) in [7, 11) is 0. The second-order valence-electron chi connectivity index (χ2n) is 3.86. The van der Waals surface area contributed by atoms with Gasteiger partial charge in [-0.15, -0.1) is 11.8 Å². The average molecular weight is 234 g/mol. The van der Waals surface area contributed by atoms with Crippen molar-refractivity contribution in [1.29, 1.82) is 0 Å². The summed E-state index contributed by atoms with van der Waals surface area (Å²) in [5.74, 6) is 0. The molecule has 82 valence electrons. The monoisotopic (exact) mass is 234 g/mol. The van der Waals surface area contributed by atoms with E-state index in [1.807, 2.05) is 13.8 Å². The van der Waals surface area contributed by atoms with Crippen molar-refractivity contribution in [1.82, 2.24) is 0 Å². The van der Waals surface area contributed by atoms with Crippen LogP contribution in [0.3, 0.4) is 0 Å². The van der Waals surface area contributed by atoms with Crippen molar-refractivity contribution in [2.45, 2.75) is 24.0 Å². The Balaban J connectivity index is 2.72. The minimum Gasteiger partial charge on any atom is -0.285 e. The largest absolute Gasteiger partial charge is 0.285 e. The molecule has 2 rings (SSSR count). The Bertz CT molecular complexity index is 679. The van der Waals surface area contributed by atoms with Crippen molar-refractivity contribution in [2.24, 2.45) is 0 Å². The predicted octanol–water partition coefficient (Wildman–Crippen LogP) is 1.30. The van der Waals surface area contributed by atoms with Gasteiger partial charge < -0.3 is 0 Å². The molecule has 0 amide bonds. The Morgan fingerprint density at radius 1 is 0.938 bits per heavy atom. The Kier molecular flexibility index (Phi) is 2.68. The summed E-state index contributed by atoms with van der Waals surface area (Å²) in [5.41, 5.74) is -2.27. The molecule has 0 heterocycles. The van der Waals surface area contributed by atoms with Crippen LogP contribution in [0.2, 0.25) is 0 Å². The summed E-state index contributed by atoms with van der Waals surface area (Å²) in [6, 6.07) is 4.96. The van der Waals surface area contributed by atoms with Gasteiger partial charge in [0.15, 0.2) is 0 Å². The van der Waals surface area contributed by atoms with Crippen LogP contribution in [0.15, 0.2) is 37.5 Å². The van der Waals surface area contributed by atoms with Gasteiger partial charge in [0.1, 0.15) is 0 Å². The van der Waals surface area contributed by atoms with Crippen molar-refractivity contribution in [3.63, 3.8) is 0 Å². The molecule has 16 heavy (non-hydrogen) atoms. The van der Waals surface area contributed by atoms with Gasteiger partial charge >= 0.3 is 0 Å². The maximum absolute atomic E-state index is 11.5. The first-order chi connectivity index (χ1) is 7.50. The fourth-order valence-corrected chi connectivity index (χ4v) is 2.48. The zero-order chi connectivity index (χ0) is 11.9. The maximum atomic E-state index is 11.5. The number of hydrogen-bond donors (Lipinski definition) is 0. The summed E-state index contributed by atoms with van der Waals surface area (Å²) in [6.45, 7) is 4.08. The van der Waals surface area contributed by atoms with Crippen LogP contribution in [0.5, 0.6) is 0 Å². The van der Waals surface area contributed by atoms with Gasteiger partial charge in [-0.3, -0.25) is 14.4 Å². The topological polar surface area (TPSA) is 51.2 Å². The Morgan fingerprint density at radius 3 is 2.19 bits per heavy atom. The van der Waals surface area contributed by atoms with Crippen LogP contribution in [0, 0.1) is 0 Å². The van der Waals surface area contributed by atoms with Crippen molar-refractivity contribution >= 4 is 22.5 Å². The first-order valence-corrected chi connectivity index (χ1v) is 5.82. The van der Waals surface area contributed by atoms with Crippen molar-refractivity contribution in [3.8, 4) is 0 Å². The van der Waals surface area contributed by atoms with Crippen LogP contribution >= 0.6 is 11.8 Å². The molecule has 3 nitrogen and oxygen atoms in total. The van der Waals surface area contributed by atoms with E-state index in [1.54, 1.807) is 30.0 Å². The lowest BCUT2D eigenvalue weighted by Crippen LogP contribution is -2.29. The second kappa shape index (κ2) is 3.87. The van der Waals surface area contributed by atoms with Gasteiger partial charge in [0.2, 0.25) is 10.9 Å². The minimum atomic E-state index is -0.915. The zero-order valence-electron chi connectivity index (χ0n) is 8.94. The van der Waals surface area contributed by atoms with E-state index in [4.69, 9.17) is 0 Å². The Morgan fingerprint density at radius 2 is 1.56 bits per heavy atom. The molecule has 4 heteroatoms. The fourth-order valence-electron chi connectivity index (χ4n) is 1.60. The minimum absolute atomic E-state index is 0.239. The molecule has 0 spiro atoms. The SMILES string of the molecule is CC(C)Sc1ccc2c(=O)c(=O)c(=O)c2c1. The van der Waals surface area contributed by atoms with E-state index >= 15 is 0 Å². The lowest BCUT2D eigenvalue weighted by molar-refractivity contribution is 1.11. The number of benzene rings is 1. The molecule has 2 aromatic carbocycles. The third-order valence-electron chi connectivity index (χ3n) is 2.26. The Labute approximate surface area is 95.8 Å². The lowest BCUT2D eigenvalue weighted by Gasteiger charge is -2.03. The molecule has 0 saturated heterocycles. The molecule has 0 fully saturated rings. The summed E-state index contributed by atoms with van der Waals surface area (Å²) in [4.78, 5) is 34.9. The quantitative estimate of drug-likeness (QED) is 0.580. The Hall–Kier alpha value is -1.42.